The zero-order valence-corrected chi connectivity index (χ0v) is 9.21. The van der Waals surface area contributed by atoms with Crippen LogP contribution in [-0.4, -0.2) is 14.8 Å². The molecular formula is C13H12N2O2. The number of aliphatic hydroxyl groups excluding tert-OH is 1. The van der Waals surface area contributed by atoms with Crippen LogP contribution in [0.3, 0.4) is 0 Å². The van der Waals surface area contributed by atoms with Gasteiger partial charge in [-0.05, 0) is 11.5 Å². The molecule has 0 bridgehead atoms. The quantitative estimate of drug-likeness (QED) is 0.747. The Hall–Kier alpha value is -2.07. The minimum Gasteiger partial charge on any atom is -0.392 e. The maximum absolute atomic E-state index is 9.36. The molecule has 0 radical (unpaired) electrons. The van der Waals surface area contributed by atoms with Gasteiger partial charge in [0.15, 0.2) is 5.76 Å². The zero-order valence-electron chi connectivity index (χ0n) is 9.21. The molecule has 0 saturated carbocycles. The van der Waals surface area contributed by atoms with Gasteiger partial charge in [-0.2, -0.15) is 0 Å². The predicted molar refractivity (Wildman–Crippen MR) is 63.5 cm³/mol. The molecule has 2 aromatic heterocycles. The fourth-order valence-corrected chi connectivity index (χ4v) is 2.09. The second kappa shape index (κ2) is 4.07. The van der Waals surface area contributed by atoms with Gasteiger partial charge in [0, 0.05) is 17.8 Å². The van der Waals surface area contributed by atoms with Gasteiger partial charge in [-0.25, -0.2) is 0 Å². The van der Waals surface area contributed by atoms with Crippen LogP contribution in [0.15, 0.2) is 47.2 Å². The van der Waals surface area contributed by atoms with Crippen molar-refractivity contribution < 1.29 is 9.63 Å². The molecule has 0 saturated heterocycles. The van der Waals surface area contributed by atoms with Gasteiger partial charge in [-0.3, -0.25) is 0 Å². The van der Waals surface area contributed by atoms with E-state index in [0.717, 1.165) is 22.2 Å². The molecule has 3 rings (SSSR count). The molecule has 0 aliphatic heterocycles. The van der Waals surface area contributed by atoms with Crippen molar-refractivity contribution in [2.24, 2.45) is 0 Å². The first kappa shape index (κ1) is 10.1. The highest BCUT2D eigenvalue weighted by Gasteiger charge is 2.07. The number of hydrogen-bond donors (Lipinski definition) is 1. The van der Waals surface area contributed by atoms with E-state index >= 15 is 0 Å². The average molecular weight is 228 g/mol. The maximum atomic E-state index is 9.36. The fraction of sp³-hybridized carbons (Fsp3) is 0.154. The first-order valence-corrected chi connectivity index (χ1v) is 5.45. The van der Waals surface area contributed by atoms with Gasteiger partial charge in [-0.1, -0.05) is 23.4 Å². The summed E-state index contributed by atoms with van der Waals surface area (Å²) in [6, 6.07) is 9.79. The summed E-state index contributed by atoms with van der Waals surface area (Å²) in [5.74, 6) is 0.801. The van der Waals surface area contributed by atoms with Crippen molar-refractivity contribution in [3.63, 3.8) is 0 Å². The van der Waals surface area contributed by atoms with Crippen LogP contribution >= 0.6 is 0 Å². The number of nitrogens with zero attached hydrogens (tertiary/aromatic N) is 2. The monoisotopic (exact) mass is 228 g/mol. The van der Waals surface area contributed by atoms with E-state index in [0.29, 0.717) is 6.54 Å². The van der Waals surface area contributed by atoms with Crippen molar-refractivity contribution in [3.05, 3.63) is 54.0 Å². The lowest BCUT2D eigenvalue weighted by Crippen LogP contribution is -1.99. The molecule has 17 heavy (non-hydrogen) atoms. The summed E-state index contributed by atoms with van der Waals surface area (Å²) in [4.78, 5) is 0. The second-order valence-electron chi connectivity index (χ2n) is 3.94. The van der Waals surface area contributed by atoms with Crippen molar-refractivity contribution in [1.29, 1.82) is 0 Å². The summed E-state index contributed by atoms with van der Waals surface area (Å²) in [7, 11) is 0. The highest BCUT2D eigenvalue weighted by Crippen LogP contribution is 2.21. The lowest BCUT2D eigenvalue weighted by atomic mass is 10.1. The fourth-order valence-electron chi connectivity index (χ4n) is 2.09. The molecule has 4 heteroatoms. The van der Waals surface area contributed by atoms with E-state index in [4.69, 9.17) is 4.52 Å². The molecule has 3 aromatic rings. The van der Waals surface area contributed by atoms with Crippen LogP contribution in [0.25, 0.3) is 10.9 Å². The molecular weight excluding hydrogens is 216 g/mol. The Morgan fingerprint density at radius 3 is 2.94 bits per heavy atom. The van der Waals surface area contributed by atoms with Gasteiger partial charge in [0.05, 0.1) is 24.9 Å². The van der Waals surface area contributed by atoms with E-state index in [1.165, 1.54) is 0 Å². The summed E-state index contributed by atoms with van der Waals surface area (Å²) in [6.07, 6.45) is 3.63. The van der Waals surface area contributed by atoms with Crippen LogP contribution in [0, 0.1) is 0 Å². The molecule has 4 nitrogen and oxygen atoms in total. The van der Waals surface area contributed by atoms with Crippen molar-refractivity contribution >= 4 is 10.9 Å². The maximum Gasteiger partial charge on any atom is 0.156 e. The Morgan fingerprint density at radius 1 is 1.24 bits per heavy atom. The number of rotatable bonds is 3. The van der Waals surface area contributed by atoms with Crippen LogP contribution in [0.1, 0.15) is 11.3 Å². The van der Waals surface area contributed by atoms with Crippen LogP contribution in [0.5, 0.6) is 0 Å². The summed E-state index contributed by atoms with van der Waals surface area (Å²) in [5, 5.41) is 14.2. The Kier molecular flexibility index (Phi) is 2.42. The highest BCUT2D eigenvalue weighted by molar-refractivity contribution is 5.83. The number of fused-ring (bicyclic) bond motifs is 1. The lowest BCUT2D eigenvalue weighted by Gasteiger charge is -2.06. The van der Waals surface area contributed by atoms with E-state index in [1.807, 2.05) is 36.5 Å². The molecule has 0 aliphatic rings. The molecule has 0 aliphatic carbocycles. The number of para-hydroxylation sites is 1. The largest absolute Gasteiger partial charge is 0.392 e. The third-order valence-electron chi connectivity index (χ3n) is 2.86. The molecule has 1 aromatic carbocycles. The Morgan fingerprint density at radius 2 is 2.18 bits per heavy atom. The first-order valence-electron chi connectivity index (χ1n) is 5.45. The third-order valence-corrected chi connectivity index (χ3v) is 2.86. The van der Waals surface area contributed by atoms with Crippen LogP contribution in [0.2, 0.25) is 0 Å². The van der Waals surface area contributed by atoms with Gasteiger partial charge in [-0.15, -0.1) is 0 Å². The summed E-state index contributed by atoms with van der Waals surface area (Å²) >= 11 is 0. The molecule has 0 atom stereocenters. The molecule has 0 fully saturated rings. The standard InChI is InChI=1S/C13H12N2O2/c16-9-11-3-1-2-10-5-7-15(13(10)11)8-12-4-6-14-17-12/h1-7,16H,8-9H2. The molecule has 0 amide bonds. The molecule has 86 valence electrons. The smallest absolute Gasteiger partial charge is 0.156 e. The Labute approximate surface area is 98.1 Å². The van der Waals surface area contributed by atoms with Gasteiger partial charge in [0.2, 0.25) is 0 Å². The van der Waals surface area contributed by atoms with E-state index in [2.05, 4.69) is 9.72 Å². The van der Waals surface area contributed by atoms with Crippen molar-refractivity contribution in [2.45, 2.75) is 13.2 Å². The Bertz CT molecular complexity index is 626. The Balaban J connectivity index is 2.10. The average Bonchev–Trinajstić information content (AvgIpc) is 2.99. The number of benzene rings is 1. The van der Waals surface area contributed by atoms with Crippen molar-refractivity contribution in [1.82, 2.24) is 9.72 Å². The minimum atomic E-state index is 0.0394. The van der Waals surface area contributed by atoms with E-state index < -0.39 is 0 Å². The lowest BCUT2D eigenvalue weighted by molar-refractivity contribution is 0.283. The predicted octanol–water partition coefficient (Wildman–Crippen LogP) is 2.17. The minimum absolute atomic E-state index is 0.0394. The number of hydrogen-bond acceptors (Lipinski definition) is 3. The molecule has 2 heterocycles. The molecule has 1 N–H and O–H groups in total. The third kappa shape index (κ3) is 1.72. The molecule has 0 spiro atoms. The van der Waals surface area contributed by atoms with Gasteiger partial charge >= 0.3 is 0 Å². The highest BCUT2D eigenvalue weighted by atomic mass is 16.5. The molecule has 0 unspecified atom stereocenters. The SMILES string of the molecule is OCc1cccc2ccn(Cc3ccno3)c12. The zero-order chi connectivity index (χ0) is 11.7. The second-order valence-corrected chi connectivity index (χ2v) is 3.94. The van der Waals surface area contributed by atoms with Gasteiger partial charge in [0.1, 0.15) is 0 Å². The summed E-state index contributed by atoms with van der Waals surface area (Å²) in [5.41, 5.74) is 1.97. The summed E-state index contributed by atoms with van der Waals surface area (Å²) in [6.45, 7) is 0.665. The normalized spacial score (nSPS) is 11.1. The topological polar surface area (TPSA) is 51.2 Å². The van der Waals surface area contributed by atoms with Crippen molar-refractivity contribution in [2.75, 3.05) is 0 Å². The van der Waals surface area contributed by atoms with Gasteiger partial charge in [0.25, 0.3) is 0 Å². The van der Waals surface area contributed by atoms with Crippen molar-refractivity contribution in [3.8, 4) is 0 Å². The van der Waals surface area contributed by atoms with E-state index in [1.54, 1.807) is 6.20 Å². The van der Waals surface area contributed by atoms with Gasteiger partial charge < -0.3 is 14.2 Å². The van der Waals surface area contributed by atoms with Crippen LogP contribution in [-0.2, 0) is 13.2 Å². The van der Waals surface area contributed by atoms with Crippen LogP contribution < -0.4 is 0 Å². The van der Waals surface area contributed by atoms with Crippen LogP contribution in [0.4, 0.5) is 0 Å². The van der Waals surface area contributed by atoms with E-state index in [-0.39, 0.29) is 6.61 Å². The first-order chi connectivity index (χ1) is 8.38. The number of aliphatic hydroxyl groups is 1. The summed E-state index contributed by atoms with van der Waals surface area (Å²) < 4.78 is 7.15. The number of aromatic nitrogens is 2. The van der Waals surface area contributed by atoms with E-state index in [9.17, 15) is 5.11 Å².